The molecule has 35 heavy (non-hydrogen) atoms. The predicted octanol–water partition coefficient (Wildman–Crippen LogP) is 4.20. The van der Waals surface area contributed by atoms with E-state index in [2.05, 4.69) is 10.9 Å². The molecule has 8 heteroatoms. The highest BCUT2D eigenvalue weighted by atomic mass is 35.5. The third-order valence-corrected chi connectivity index (χ3v) is 5.44. The molecule has 0 unspecified atom stereocenters. The fourth-order valence-electron chi connectivity index (χ4n) is 3.32. The quantitative estimate of drug-likeness (QED) is 0.382. The largest absolute Gasteiger partial charge is 0.489 e. The Morgan fingerprint density at radius 2 is 1.46 bits per heavy atom. The maximum atomic E-state index is 12.7. The average molecular weight is 488 g/mol. The van der Waals surface area contributed by atoms with Gasteiger partial charge < -0.3 is 9.30 Å². The monoisotopic (exact) mass is 487 g/mol. The van der Waals surface area contributed by atoms with Crippen molar-refractivity contribution in [3.8, 4) is 5.75 Å². The van der Waals surface area contributed by atoms with Gasteiger partial charge in [0.15, 0.2) is 0 Å². The van der Waals surface area contributed by atoms with Gasteiger partial charge in [-0.25, -0.2) is 0 Å². The Labute approximate surface area is 206 Å². The van der Waals surface area contributed by atoms with E-state index in [0.29, 0.717) is 29.5 Å². The van der Waals surface area contributed by atoms with E-state index in [-0.39, 0.29) is 5.56 Å². The summed E-state index contributed by atoms with van der Waals surface area (Å²) in [6.45, 7) is 0.658. The van der Waals surface area contributed by atoms with Crippen molar-refractivity contribution in [2.24, 2.45) is 0 Å². The Balaban J connectivity index is 1.32. The second-order valence-corrected chi connectivity index (χ2v) is 8.12. The number of carbonyl (C=O) groups excluding carboxylic acids is 2. The number of pyridine rings is 1. The van der Waals surface area contributed by atoms with Crippen molar-refractivity contribution in [2.45, 2.75) is 13.2 Å². The molecule has 4 rings (SSSR count). The number of halogens is 1. The van der Waals surface area contributed by atoms with Gasteiger partial charge in [-0.15, -0.1) is 0 Å². The minimum absolute atomic E-state index is 0.0709. The molecule has 7 nitrogen and oxygen atoms in total. The minimum atomic E-state index is -0.696. The number of ether oxygens (including phenoxy) is 1. The molecule has 0 aliphatic heterocycles. The number of rotatable bonds is 7. The molecule has 1 heterocycles. The van der Waals surface area contributed by atoms with E-state index >= 15 is 0 Å². The van der Waals surface area contributed by atoms with Gasteiger partial charge in [-0.2, -0.15) is 0 Å². The highest BCUT2D eigenvalue weighted by Crippen LogP contribution is 2.17. The summed E-state index contributed by atoms with van der Waals surface area (Å²) < 4.78 is 7.13. The Morgan fingerprint density at radius 3 is 2.17 bits per heavy atom. The van der Waals surface area contributed by atoms with Crippen LogP contribution in [0.3, 0.4) is 0 Å². The second-order valence-electron chi connectivity index (χ2n) is 7.69. The molecule has 1 aromatic heterocycles. The van der Waals surface area contributed by atoms with Crippen molar-refractivity contribution in [1.82, 2.24) is 15.4 Å². The molecule has 2 amide bonds. The van der Waals surface area contributed by atoms with Gasteiger partial charge in [0.05, 0.1) is 6.54 Å². The first-order valence-electron chi connectivity index (χ1n) is 10.8. The number of amides is 2. The van der Waals surface area contributed by atoms with E-state index in [1.807, 2.05) is 30.3 Å². The van der Waals surface area contributed by atoms with Crippen LogP contribution >= 0.6 is 11.6 Å². The lowest BCUT2D eigenvalue weighted by Crippen LogP contribution is -2.44. The van der Waals surface area contributed by atoms with E-state index in [0.717, 1.165) is 11.1 Å². The SMILES string of the molecule is O=C(NNC(=O)c1cccn(Cc2ccccc2)c1=O)c1ccc(COc2ccc(Cl)cc2)cc1. The van der Waals surface area contributed by atoms with Crippen LogP contribution in [0.25, 0.3) is 0 Å². The predicted molar refractivity (Wildman–Crippen MR) is 133 cm³/mol. The van der Waals surface area contributed by atoms with Crippen LogP contribution in [0.15, 0.2) is 102 Å². The molecule has 3 aromatic carbocycles. The van der Waals surface area contributed by atoms with Crippen molar-refractivity contribution in [1.29, 1.82) is 0 Å². The van der Waals surface area contributed by atoms with Crippen molar-refractivity contribution in [2.75, 3.05) is 0 Å². The molecule has 0 saturated carbocycles. The highest BCUT2D eigenvalue weighted by molar-refractivity contribution is 6.30. The van der Waals surface area contributed by atoms with Crippen LogP contribution in [0.5, 0.6) is 5.75 Å². The number of carbonyl (C=O) groups is 2. The van der Waals surface area contributed by atoms with Crippen LogP contribution in [-0.2, 0) is 13.2 Å². The molecule has 176 valence electrons. The van der Waals surface area contributed by atoms with Gasteiger partial charge in [0.25, 0.3) is 17.4 Å². The van der Waals surface area contributed by atoms with Gasteiger partial charge in [-0.3, -0.25) is 25.2 Å². The Hall–Kier alpha value is -4.36. The number of nitrogens with one attached hydrogen (secondary N) is 2. The molecule has 4 aromatic rings. The Bertz CT molecular complexity index is 1370. The summed E-state index contributed by atoms with van der Waals surface area (Å²) in [4.78, 5) is 37.7. The van der Waals surface area contributed by atoms with Gasteiger partial charge in [0, 0.05) is 16.8 Å². The average Bonchev–Trinajstić information content (AvgIpc) is 2.89. The van der Waals surface area contributed by atoms with Crippen LogP contribution in [-0.4, -0.2) is 16.4 Å². The highest BCUT2D eigenvalue weighted by Gasteiger charge is 2.14. The smallest absolute Gasteiger partial charge is 0.275 e. The van der Waals surface area contributed by atoms with Crippen LogP contribution in [0.4, 0.5) is 0 Å². The summed E-state index contributed by atoms with van der Waals surface area (Å²) in [6, 6.07) is 26.3. The Kier molecular flexibility index (Phi) is 7.60. The minimum Gasteiger partial charge on any atom is -0.489 e. The van der Waals surface area contributed by atoms with Crippen molar-refractivity contribution >= 4 is 23.4 Å². The fraction of sp³-hybridized carbons (Fsp3) is 0.0741. The summed E-state index contributed by atoms with van der Waals surface area (Å²) in [5.41, 5.74) is 6.27. The zero-order valence-electron chi connectivity index (χ0n) is 18.6. The number of hydrogen-bond acceptors (Lipinski definition) is 4. The van der Waals surface area contributed by atoms with Gasteiger partial charge >= 0.3 is 0 Å². The van der Waals surface area contributed by atoms with Crippen LogP contribution in [0, 0.1) is 0 Å². The lowest BCUT2D eigenvalue weighted by Gasteiger charge is -2.10. The van der Waals surface area contributed by atoms with Crippen LogP contribution in [0.2, 0.25) is 5.02 Å². The molecule has 2 N–H and O–H groups in total. The fourth-order valence-corrected chi connectivity index (χ4v) is 3.44. The third-order valence-electron chi connectivity index (χ3n) is 5.19. The standard InChI is InChI=1S/C27H22ClN3O4/c28-22-12-14-23(15-13-22)35-18-20-8-10-21(11-9-20)25(32)29-30-26(33)24-7-4-16-31(27(24)34)17-19-5-2-1-3-6-19/h1-16H,17-18H2,(H,29,32)(H,30,33). The number of nitrogens with zero attached hydrogens (tertiary/aromatic N) is 1. The summed E-state index contributed by atoms with van der Waals surface area (Å²) in [5, 5.41) is 0.630. The maximum absolute atomic E-state index is 12.7. The molecule has 0 aliphatic rings. The summed E-state index contributed by atoms with van der Waals surface area (Å²) in [5.74, 6) is -0.523. The number of aromatic nitrogens is 1. The molecule has 0 spiro atoms. The zero-order chi connectivity index (χ0) is 24.6. The first-order valence-corrected chi connectivity index (χ1v) is 11.2. The van der Waals surface area contributed by atoms with Gasteiger partial charge in [-0.05, 0) is 59.7 Å². The third kappa shape index (κ3) is 6.37. The summed E-state index contributed by atoms with van der Waals surface area (Å²) >= 11 is 5.86. The summed E-state index contributed by atoms with van der Waals surface area (Å²) in [7, 11) is 0. The normalized spacial score (nSPS) is 10.4. The van der Waals surface area contributed by atoms with Crippen molar-refractivity contribution < 1.29 is 14.3 Å². The van der Waals surface area contributed by atoms with Gasteiger partial charge in [-0.1, -0.05) is 54.1 Å². The van der Waals surface area contributed by atoms with E-state index in [1.54, 1.807) is 60.8 Å². The number of hydrogen-bond donors (Lipinski definition) is 2. The molecule has 0 saturated heterocycles. The molecule has 0 atom stereocenters. The van der Waals surface area contributed by atoms with E-state index in [4.69, 9.17) is 16.3 Å². The maximum Gasteiger partial charge on any atom is 0.275 e. The van der Waals surface area contributed by atoms with E-state index < -0.39 is 17.4 Å². The molecule has 0 aliphatic carbocycles. The molecule has 0 bridgehead atoms. The topological polar surface area (TPSA) is 89.4 Å². The van der Waals surface area contributed by atoms with E-state index in [1.165, 1.54) is 10.6 Å². The van der Waals surface area contributed by atoms with Crippen LogP contribution in [0.1, 0.15) is 31.8 Å². The van der Waals surface area contributed by atoms with Gasteiger partial charge in [0.2, 0.25) is 0 Å². The number of hydrazine groups is 1. The van der Waals surface area contributed by atoms with E-state index in [9.17, 15) is 14.4 Å². The Morgan fingerprint density at radius 1 is 0.771 bits per heavy atom. The van der Waals surface area contributed by atoms with Crippen LogP contribution < -0.4 is 21.1 Å². The lowest BCUT2D eigenvalue weighted by atomic mass is 10.1. The molecule has 0 radical (unpaired) electrons. The van der Waals surface area contributed by atoms with Crippen molar-refractivity contribution in [3.63, 3.8) is 0 Å². The first kappa shape index (κ1) is 23.8. The molecular weight excluding hydrogens is 466 g/mol. The summed E-state index contributed by atoms with van der Waals surface area (Å²) in [6.07, 6.45) is 1.61. The zero-order valence-corrected chi connectivity index (χ0v) is 19.4. The number of benzene rings is 3. The van der Waals surface area contributed by atoms with Gasteiger partial charge in [0.1, 0.15) is 17.9 Å². The lowest BCUT2D eigenvalue weighted by molar-refractivity contribution is 0.0845. The molecular formula is C27H22ClN3O4. The second kappa shape index (κ2) is 11.2. The first-order chi connectivity index (χ1) is 17.0. The van der Waals surface area contributed by atoms with Crippen molar-refractivity contribution in [3.05, 3.63) is 135 Å². The molecule has 0 fully saturated rings.